The van der Waals surface area contributed by atoms with Gasteiger partial charge in [0.2, 0.25) is 5.95 Å². The topological polar surface area (TPSA) is 29.9 Å². The van der Waals surface area contributed by atoms with Gasteiger partial charge in [-0.3, -0.25) is 0 Å². The zero-order chi connectivity index (χ0) is 11.4. The maximum atomic E-state index is 5.79. The van der Waals surface area contributed by atoms with Gasteiger partial charge in [-0.2, -0.15) is 0 Å². The lowest BCUT2D eigenvalue weighted by atomic mass is 10.2. The highest BCUT2D eigenvalue weighted by molar-refractivity contribution is 6.17. The number of nitrogens with zero attached hydrogens (tertiary/aromatic N) is 2. The summed E-state index contributed by atoms with van der Waals surface area (Å²) in [6.07, 6.45) is 3.74. The Kier molecular flexibility index (Phi) is 3.47. The van der Waals surface area contributed by atoms with E-state index in [1.807, 2.05) is 35.0 Å². The van der Waals surface area contributed by atoms with Gasteiger partial charge in [-0.15, -0.1) is 11.6 Å². The van der Waals surface area contributed by atoms with Gasteiger partial charge in [0.05, 0.1) is 0 Å². The molecule has 0 fully saturated rings. The van der Waals surface area contributed by atoms with Crippen LogP contribution in [-0.4, -0.2) is 9.55 Å². The second-order valence-electron chi connectivity index (χ2n) is 3.50. The number of hydrogen-bond acceptors (Lipinski definition) is 2. The van der Waals surface area contributed by atoms with Crippen LogP contribution in [0.3, 0.4) is 0 Å². The molecule has 0 saturated carbocycles. The summed E-state index contributed by atoms with van der Waals surface area (Å²) in [6, 6.07) is 8.02. The number of nitrogens with one attached hydrogen (secondary N) is 1. The van der Waals surface area contributed by atoms with E-state index in [4.69, 9.17) is 11.6 Å². The lowest BCUT2D eigenvalue weighted by Crippen LogP contribution is -2.01. The van der Waals surface area contributed by atoms with Crippen molar-refractivity contribution in [3.8, 4) is 0 Å². The Hall–Kier alpha value is -1.48. The molecule has 0 amide bonds. The summed E-state index contributed by atoms with van der Waals surface area (Å²) in [7, 11) is 0. The second kappa shape index (κ2) is 5.03. The Morgan fingerprint density at radius 1 is 1.44 bits per heavy atom. The van der Waals surface area contributed by atoms with E-state index in [2.05, 4.69) is 17.2 Å². The molecule has 0 spiro atoms. The van der Waals surface area contributed by atoms with Gasteiger partial charge in [0, 0.05) is 30.5 Å². The van der Waals surface area contributed by atoms with Gasteiger partial charge in [0.25, 0.3) is 0 Å². The number of benzene rings is 1. The molecule has 1 heterocycles. The Bertz CT molecular complexity index is 465. The van der Waals surface area contributed by atoms with E-state index in [0.29, 0.717) is 5.88 Å². The van der Waals surface area contributed by atoms with Crippen LogP contribution in [-0.2, 0) is 12.4 Å². The number of anilines is 2. The van der Waals surface area contributed by atoms with Gasteiger partial charge in [-0.05, 0) is 24.6 Å². The molecular formula is C12H14ClN3. The fourth-order valence-electron chi connectivity index (χ4n) is 1.55. The van der Waals surface area contributed by atoms with E-state index in [9.17, 15) is 0 Å². The molecule has 0 unspecified atom stereocenters. The molecule has 4 heteroatoms. The summed E-state index contributed by atoms with van der Waals surface area (Å²) in [6.45, 7) is 2.99. The van der Waals surface area contributed by atoms with Gasteiger partial charge < -0.3 is 9.88 Å². The predicted molar refractivity (Wildman–Crippen MR) is 67.2 cm³/mol. The monoisotopic (exact) mass is 235 g/mol. The van der Waals surface area contributed by atoms with Gasteiger partial charge >= 0.3 is 0 Å². The second-order valence-corrected chi connectivity index (χ2v) is 3.76. The Labute approximate surface area is 100 Å². The van der Waals surface area contributed by atoms with Crippen molar-refractivity contribution in [3.63, 3.8) is 0 Å². The molecule has 0 saturated heterocycles. The van der Waals surface area contributed by atoms with Crippen LogP contribution in [0.5, 0.6) is 0 Å². The SMILES string of the molecule is CCn1ccnc1Nc1cccc(CCl)c1. The standard InChI is InChI=1S/C12H14ClN3/c1-2-16-7-6-14-12(16)15-11-5-3-4-10(8-11)9-13/h3-8H,2,9H2,1H3,(H,14,15). The molecule has 0 aliphatic carbocycles. The fourth-order valence-corrected chi connectivity index (χ4v) is 1.72. The van der Waals surface area contributed by atoms with E-state index in [1.165, 1.54) is 0 Å². The normalized spacial score (nSPS) is 10.4. The van der Waals surface area contributed by atoms with Gasteiger partial charge in [-0.1, -0.05) is 12.1 Å². The van der Waals surface area contributed by atoms with E-state index in [-0.39, 0.29) is 0 Å². The number of rotatable bonds is 4. The third-order valence-corrected chi connectivity index (χ3v) is 2.70. The highest BCUT2D eigenvalue weighted by Gasteiger charge is 2.01. The Balaban J connectivity index is 2.20. The largest absolute Gasteiger partial charge is 0.326 e. The molecular weight excluding hydrogens is 222 g/mol. The lowest BCUT2D eigenvalue weighted by Gasteiger charge is -2.08. The van der Waals surface area contributed by atoms with Crippen LogP contribution in [0.2, 0.25) is 0 Å². The molecule has 16 heavy (non-hydrogen) atoms. The highest BCUT2D eigenvalue weighted by atomic mass is 35.5. The van der Waals surface area contributed by atoms with E-state index in [0.717, 1.165) is 23.7 Å². The Morgan fingerprint density at radius 3 is 3.06 bits per heavy atom. The first kappa shape index (κ1) is 11.0. The summed E-state index contributed by atoms with van der Waals surface area (Å²) < 4.78 is 2.05. The van der Waals surface area contributed by atoms with Crippen molar-refractivity contribution >= 4 is 23.2 Å². The molecule has 1 N–H and O–H groups in total. The molecule has 0 aliphatic rings. The molecule has 1 aromatic heterocycles. The van der Waals surface area contributed by atoms with Crippen molar-refractivity contribution in [2.45, 2.75) is 19.3 Å². The number of halogens is 1. The molecule has 2 rings (SSSR count). The van der Waals surface area contributed by atoms with Crippen molar-refractivity contribution < 1.29 is 0 Å². The van der Waals surface area contributed by atoms with Crippen molar-refractivity contribution in [1.29, 1.82) is 0 Å². The quantitative estimate of drug-likeness (QED) is 0.824. The van der Waals surface area contributed by atoms with Crippen LogP contribution in [0, 0.1) is 0 Å². The first-order chi connectivity index (χ1) is 7.83. The van der Waals surface area contributed by atoms with Gasteiger partial charge in [-0.25, -0.2) is 4.98 Å². The molecule has 0 radical (unpaired) electrons. The minimum absolute atomic E-state index is 0.526. The van der Waals surface area contributed by atoms with E-state index < -0.39 is 0 Å². The summed E-state index contributed by atoms with van der Waals surface area (Å²) in [5, 5.41) is 3.27. The number of alkyl halides is 1. The minimum atomic E-state index is 0.526. The number of hydrogen-bond donors (Lipinski definition) is 1. The number of aryl methyl sites for hydroxylation is 1. The molecule has 2 aromatic rings. The molecule has 0 bridgehead atoms. The van der Waals surface area contributed by atoms with E-state index in [1.54, 1.807) is 6.20 Å². The van der Waals surface area contributed by atoms with Crippen molar-refractivity contribution in [2.75, 3.05) is 5.32 Å². The summed E-state index contributed by atoms with van der Waals surface area (Å²) in [4.78, 5) is 4.26. The molecule has 3 nitrogen and oxygen atoms in total. The van der Waals surface area contributed by atoms with Crippen LogP contribution < -0.4 is 5.32 Å². The highest BCUT2D eigenvalue weighted by Crippen LogP contribution is 2.17. The zero-order valence-corrected chi connectivity index (χ0v) is 9.91. The molecule has 0 aliphatic heterocycles. The average Bonchev–Trinajstić information content (AvgIpc) is 2.76. The third kappa shape index (κ3) is 2.36. The van der Waals surface area contributed by atoms with Crippen molar-refractivity contribution in [1.82, 2.24) is 9.55 Å². The predicted octanol–water partition coefficient (Wildman–Crippen LogP) is 3.39. The first-order valence-electron chi connectivity index (χ1n) is 5.26. The van der Waals surface area contributed by atoms with E-state index >= 15 is 0 Å². The molecule has 0 atom stereocenters. The van der Waals surface area contributed by atoms with Crippen LogP contribution >= 0.6 is 11.6 Å². The number of aromatic nitrogens is 2. The van der Waals surface area contributed by atoms with Gasteiger partial charge in [0.15, 0.2) is 0 Å². The summed E-state index contributed by atoms with van der Waals surface area (Å²) in [5.74, 6) is 1.38. The van der Waals surface area contributed by atoms with Gasteiger partial charge in [0.1, 0.15) is 0 Å². The van der Waals surface area contributed by atoms with Crippen molar-refractivity contribution in [3.05, 3.63) is 42.2 Å². The fraction of sp³-hybridized carbons (Fsp3) is 0.250. The first-order valence-corrected chi connectivity index (χ1v) is 5.80. The third-order valence-electron chi connectivity index (χ3n) is 2.39. The average molecular weight is 236 g/mol. The summed E-state index contributed by atoms with van der Waals surface area (Å²) >= 11 is 5.79. The van der Waals surface area contributed by atoms with Crippen LogP contribution in [0.25, 0.3) is 0 Å². The Morgan fingerprint density at radius 2 is 2.31 bits per heavy atom. The van der Waals surface area contributed by atoms with Crippen molar-refractivity contribution in [2.24, 2.45) is 0 Å². The molecule has 84 valence electrons. The minimum Gasteiger partial charge on any atom is -0.326 e. The van der Waals surface area contributed by atoms with Crippen LogP contribution in [0.4, 0.5) is 11.6 Å². The van der Waals surface area contributed by atoms with Crippen LogP contribution in [0.15, 0.2) is 36.7 Å². The maximum absolute atomic E-state index is 5.79. The maximum Gasteiger partial charge on any atom is 0.207 e. The zero-order valence-electron chi connectivity index (χ0n) is 9.15. The van der Waals surface area contributed by atoms with Crippen LogP contribution in [0.1, 0.15) is 12.5 Å². The lowest BCUT2D eigenvalue weighted by molar-refractivity contribution is 0.772. The smallest absolute Gasteiger partial charge is 0.207 e. The number of imidazole rings is 1. The summed E-state index contributed by atoms with van der Waals surface area (Å²) in [5.41, 5.74) is 2.11. The molecule has 1 aromatic carbocycles.